The van der Waals surface area contributed by atoms with Crippen LogP contribution in [0.15, 0.2) is 17.0 Å². The minimum absolute atomic E-state index is 0.0352. The van der Waals surface area contributed by atoms with Gasteiger partial charge in [-0.1, -0.05) is 11.6 Å². The van der Waals surface area contributed by atoms with Gasteiger partial charge in [-0.15, -0.1) is 0 Å². The Morgan fingerprint density at radius 2 is 2.00 bits per heavy atom. The zero-order chi connectivity index (χ0) is 16.0. The molecule has 1 unspecified atom stereocenters. The normalized spacial score (nSPS) is 23.1. The SMILES string of the molecule is Cc1cc(S(=O)(=O)N2CCS(=O)(=O)CC2C)cc(N)c1Cl. The van der Waals surface area contributed by atoms with Gasteiger partial charge in [-0.05, 0) is 31.5 Å². The first-order valence-electron chi connectivity index (χ1n) is 6.32. The maximum Gasteiger partial charge on any atom is 0.243 e. The van der Waals surface area contributed by atoms with Crippen LogP contribution in [0.2, 0.25) is 5.02 Å². The molecule has 1 saturated heterocycles. The van der Waals surface area contributed by atoms with Crippen molar-refractivity contribution in [1.29, 1.82) is 0 Å². The Hall–Kier alpha value is -0.830. The summed E-state index contributed by atoms with van der Waals surface area (Å²) in [6, 6.07) is 2.15. The van der Waals surface area contributed by atoms with E-state index in [1.807, 2.05) is 0 Å². The molecule has 1 aliphatic rings. The van der Waals surface area contributed by atoms with Crippen molar-refractivity contribution >= 4 is 37.1 Å². The highest BCUT2D eigenvalue weighted by Crippen LogP contribution is 2.30. The zero-order valence-electron chi connectivity index (χ0n) is 11.7. The smallest absolute Gasteiger partial charge is 0.243 e. The Bertz CT molecular complexity index is 751. The zero-order valence-corrected chi connectivity index (χ0v) is 14.1. The highest BCUT2D eigenvalue weighted by Gasteiger charge is 2.36. The summed E-state index contributed by atoms with van der Waals surface area (Å²) >= 11 is 5.94. The molecule has 2 rings (SSSR count). The predicted octanol–water partition coefficient (Wildman–Crippen LogP) is 1.04. The molecular formula is C12H17ClN2O4S2. The molecule has 118 valence electrons. The quantitative estimate of drug-likeness (QED) is 0.802. The number of hydrogen-bond acceptors (Lipinski definition) is 5. The van der Waals surface area contributed by atoms with E-state index >= 15 is 0 Å². The molecular weight excluding hydrogens is 336 g/mol. The molecule has 0 saturated carbocycles. The van der Waals surface area contributed by atoms with Crippen LogP contribution in [0.25, 0.3) is 0 Å². The minimum Gasteiger partial charge on any atom is -0.397 e. The van der Waals surface area contributed by atoms with E-state index in [9.17, 15) is 16.8 Å². The van der Waals surface area contributed by atoms with E-state index in [1.54, 1.807) is 13.8 Å². The summed E-state index contributed by atoms with van der Waals surface area (Å²) < 4.78 is 49.6. The van der Waals surface area contributed by atoms with Gasteiger partial charge in [0.15, 0.2) is 9.84 Å². The van der Waals surface area contributed by atoms with Crippen molar-refractivity contribution in [2.24, 2.45) is 0 Å². The van der Waals surface area contributed by atoms with Crippen molar-refractivity contribution in [2.75, 3.05) is 23.8 Å². The van der Waals surface area contributed by atoms with Crippen LogP contribution in [0.3, 0.4) is 0 Å². The van der Waals surface area contributed by atoms with E-state index in [0.717, 1.165) is 0 Å². The molecule has 1 aromatic rings. The molecule has 21 heavy (non-hydrogen) atoms. The van der Waals surface area contributed by atoms with Crippen molar-refractivity contribution in [3.05, 3.63) is 22.7 Å². The van der Waals surface area contributed by atoms with Crippen LogP contribution < -0.4 is 5.73 Å². The third-order valence-electron chi connectivity index (χ3n) is 3.47. The number of benzene rings is 1. The second kappa shape index (κ2) is 5.42. The molecule has 6 nitrogen and oxygen atoms in total. The lowest BCUT2D eigenvalue weighted by atomic mass is 10.2. The van der Waals surface area contributed by atoms with Crippen LogP contribution in [0, 0.1) is 6.92 Å². The first-order chi connectivity index (χ1) is 9.54. The fraction of sp³-hybridized carbons (Fsp3) is 0.500. The molecule has 1 aliphatic heterocycles. The Kier molecular flexibility index (Phi) is 4.27. The Balaban J connectivity index is 2.44. The van der Waals surface area contributed by atoms with Crippen LogP contribution >= 0.6 is 11.6 Å². The van der Waals surface area contributed by atoms with Gasteiger partial charge < -0.3 is 5.73 Å². The molecule has 0 spiro atoms. The highest BCUT2D eigenvalue weighted by molar-refractivity contribution is 7.92. The third-order valence-corrected chi connectivity index (χ3v) is 7.77. The van der Waals surface area contributed by atoms with Crippen LogP contribution in [-0.2, 0) is 19.9 Å². The van der Waals surface area contributed by atoms with Gasteiger partial charge in [0.1, 0.15) is 0 Å². The molecule has 0 amide bonds. The van der Waals surface area contributed by atoms with Gasteiger partial charge in [0.2, 0.25) is 10.0 Å². The summed E-state index contributed by atoms with van der Waals surface area (Å²) in [7, 11) is -6.98. The minimum atomic E-state index is -3.79. The number of sulfone groups is 1. The second-order valence-electron chi connectivity index (χ2n) is 5.22. The summed E-state index contributed by atoms with van der Waals surface area (Å²) in [5, 5.41) is 0.322. The van der Waals surface area contributed by atoms with Gasteiger partial charge >= 0.3 is 0 Å². The van der Waals surface area contributed by atoms with E-state index in [1.165, 1.54) is 16.4 Å². The van der Waals surface area contributed by atoms with Crippen LogP contribution in [-0.4, -0.2) is 45.2 Å². The van der Waals surface area contributed by atoms with Crippen LogP contribution in [0.1, 0.15) is 12.5 Å². The number of nitrogen functional groups attached to an aromatic ring is 1. The van der Waals surface area contributed by atoms with Crippen molar-refractivity contribution in [1.82, 2.24) is 4.31 Å². The van der Waals surface area contributed by atoms with E-state index in [-0.39, 0.29) is 28.6 Å². The Morgan fingerprint density at radius 1 is 1.38 bits per heavy atom. The maximum absolute atomic E-state index is 12.7. The predicted molar refractivity (Wildman–Crippen MR) is 82.6 cm³/mol. The largest absolute Gasteiger partial charge is 0.397 e. The molecule has 1 atom stereocenters. The molecule has 0 bridgehead atoms. The number of rotatable bonds is 2. The number of anilines is 1. The number of nitrogens with zero attached hydrogens (tertiary/aromatic N) is 1. The monoisotopic (exact) mass is 352 g/mol. The molecule has 2 N–H and O–H groups in total. The molecule has 1 aromatic carbocycles. The Morgan fingerprint density at radius 3 is 2.52 bits per heavy atom. The van der Waals surface area contributed by atoms with E-state index in [4.69, 9.17) is 17.3 Å². The Labute approximate surface area is 129 Å². The average molecular weight is 353 g/mol. The maximum atomic E-state index is 12.7. The topological polar surface area (TPSA) is 97.5 Å². The summed E-state index contributed by atoms with van der Waals surface area (Å²) in [6.07, 6.45) is 0. The molecule has 0 aliphatic carbocycles. The first-order valence-corrected chi connectivity index (χ1v) is 9.96. The van der Waals surface area contributed by atoms with Crippen LogP contribution in [0.5, 0.6) is 0 Å². The van der Waals surface area contributed by atoms with Crippen molar-refractivity contribution in [3.8, 4) is 0 Å². The van der Waals surface area contributed by atoms with Gasteiger partial charge in [-0.2, -0.15) is 4.31 Å². The number of hydrogen-bond donors (Lipinski definition) is 1. The van der Waals surface area contributed by atoms with Crippen molar-refractivity contribution < 1.29 is 16.8 Å². The average Bonchev–Trinajstić information content (AvgIpc) is 2.33. The summed E-state index contributed by atoms with van der Waals surface area (Å²) in [4.78, 5) is 0.0352. The number of nitrogens with two attached hydrogens (primary N) is 1. The lowest BCUT2D eigenvalue weighted by molar-refractivity contribution is 0.357. The fourth-order valence-electron chi connectivity index (χ4n) is 2.39. The summed E-state index contributed by atoms with van der Waals surface area (Å²) in [6.45, 7) is 3.20. The number of sulfonamides is 1. The van der Waals surface area contributed by atoms with Crippen LogP contribution in [0.4, 0.5) is 5.69 Å². The van der Waals surface area contributed by atoms with Gasteiger partial charge in [-0.3, -0.25) is 0 Å². The van der Waals surface area contributed by atoms with E-state index in [2.05, 4.69) is 0 Å². The fourth-order valence-corrected chi connectivity index (χ4v) is 6.02. The molecule has 9 heteroatoms. The lowest BCUT2D eigenvalue weighted by Gasteiger charge is -2.32. The molecule has 1 heterocycles. The van der Waals surface area contributed by atoms with E-state index < -0.39 is 25.9 Å². The molecule has 0 aromatic heterocycles. The van der Waals surface area contributed by atoms with Gasteiger partial charge in [-0.25, -0.2) is 16.8 Å². The lowest BCUT2D eigenvalue weighted by Crippen LogP contribution is -2.49. The first kappa shape index (κ1) is 16.5. The van der Waals surface area contributed by atoms with Gasteiger partial charge in [0.05, 0.1) is 27.1 Å². The van der Waals surface area contributed by atoms with Gasteiger partial charge in [0.25, 0.3) is 0 Å². The van der Waals surface area contributed by atoms with E-state index in [0.29, 0.717) is 10.6 Å². The second-order valence-corrected chi connectivity index (χ2v) is 9.72. The van der Waals surface area contributed by atoms with Crippen molar-refractivity contribution in [3.63, 3.8) is 0 Å². The van der Waals surface area contributed by atoms with Crippen molar-refractivity contribution in [2.45, 2.75) is 24.8 Å². The standard InChI is InChI=1S/C12H17ClN2O4S2/c1-8-5-10(6-11(14)12(8)13)21(18,19)15-3-4-20(16,17)7-9(15)2/h5-6,9H,3-4,7,14H2,1-2H3. The molecule has 1 fully saturated rings. The molecule has 0 radical (unpaired) electrons. The van der Waals surface area contributed by atoms with Gasteiger partial charge in [0, 0.05) is 12.6 Å². The highest BCUT2D eigenvalue weighted by atomic mass is 35.5. The number of halogens is 1. The summed E-state index contributed by atoms with van der Waals surface area (Å²) in [5.41, 5.74) is 6.46. The number of aryl methyl sites for hydroxylation is 1. The summed E-state index contributed by atoms with van der Waals surface area (Å²) in [5.74, 6) is -0.340. The third kappa shape index (κ3) is 3.18.